The van der Waals surface area contributed by atoms with E-state index < -0.39 is 6.75 Å². The van der Waals surface area contributed by atoms with Crippen LogP contribution in [0.5, 0.6) is 0 Å². The van der Waals surface area contributed by atoms with Gasteiger partial charge in [-0.3, -0.25) is 0 Å². The third-order valence-electron chi connectivity index (χ3n) is 4.36. The van der Waals surface area contributed by atoms with Gasteiger partial charge in [-0.2, -0.15) is 0 Å². The molecule has 0 radical (unpaired) electrons. The van der Waals surface area contributed by atoms with Crippen molar-refractivity contribution in [1.29, 1.82) is 0 Å². The average molecular weight is 266 g/mol. The van der Waals surface area contributed by atoms with E-state index in [1.807, 2.05) is 58.0 Å². The molecule has 0 bridgehead atoms. The van der Waals surface area contributed by atoms with Crippen molar-refractivity contribution in [2.45, 2.75) is 45.2 Å². The molecule has 102 valence electrons. The van der Waals surface area contributed by atoms with Crippen LogP contribution >= 0.6 is 0 Å². The third-order valence-corrected chi connectivity index (χ3v) is 4.36. The van der Waals surface area contributed by atoms with Crippen LogP contribution in [0.25, 0.3) is 5.76 Å². The van der Waals surface area contributed by atoms with Crippen molar-refractivity contribution in [1.82, 2.24) is 0 Å². The molecule has 3 nitrogen and oxygen atoms in total. The first-order valence-corrected chi connectivity index (χ1v) is 6.84. The van der Waals surface area contributed by atoms with Crippen molar-refractivity contribution in [3.05, 3.63) is 42.0 Å². The second kappa shape index (κ2) is 4.96. The van der Waals surface area contributed by atoms with Crippen molar-refractivity contribution in [3.8, 4) is 0 Å². The molecule has 0 unspecified atom stereocenters. The predicted molar refractivity (Wildman–Crippen MR) is 76.4 cm³/mol. The van der Waals surface area contributed by atoms with Crippen molar-refractivity contribution in [2.75, 3.05) is 0 Å². The first kappa shape index (κ1) is 15.7. The topological polar surface area (TPSA) is 27.7 Å². The zero-order valence-corrected chi connectivity index (χ0v) is 13.0. The van der Waals surface area contributed by atoms with Gasteiger partial charge >= 0.3 is 25.6 Å². The molecule has 0 amide bonds. The van der Waals surface area contributed by atoms with Gasteiger partial charge in [0, 0.05) is 16.8 Å². The molecule has 1 saturated heterocycles. The molecule has 2 aliphatic heterocycles. The van der Waals surface area contributed by atoms with Crippen LogP contribution in [0, 0.1) is 0 Å². The molecule has 3 rings (SSSR count). The Hall–Kier alpha value is -0.658. The second-order valence-electron chi connectivity index (χ2n) is 6.33. The monoisotopic (exact) mass is 266 g/mol. The van der Waals surface area contributed by atoms with E-state index in [0.717, 1.165) is 11.3 Å². The molecule has 2 heterocycles. The zero-order valence-electron chi connectivity index (χ0n) is 13.0. The first-order chi connectivity index (χ1) is 8.84. The molecule has 0 saturated carbocycles. The molecule has 20 heavy (non-hydrogen) atoms. The van der Waals surface area contributed by atoms with Gasteiger partial charge in [-0.05, 0) is 27.7 Å². The SMILES string of the molecule is CC1(C)O[B-]2(CC=C(c3ccccc3)O2)OC1(C)C.[Li+]. The van der Waals surface area contributed by atoms with Crippen molar-refractivity contribution in [3.63, 3.8) is 0 Å². The van der Waals surface area contributed by atoms with Crippen LogP contribution in [0.2, 0.25) is 6.32 Å². The van der Waals surface area contributed by atoms with E-state index in [4.69, 9.17) is 14.0 Å². The van der Waals surface area contributed by atoms with E-state index in [0.29, 0.717) is 6.32 Å². The van der Waals surface area contributed by atoms with Gasteiger partial charge in [-0.1, -0.05) is 42.7 Å². The van der Waals surface area contributed by atoms with E-state index in [1.165, 1.54) is 0 Å². The Bertz CT molecular complexity index is 509. The second-order valence-corrected chi connectivity index (χ2v) is 6.33. The van der Waals surface area contributed by atoms with Crippen LogP contribution in [-0.4, -0.2) is 18.0 Å². The number of benzene rings is 1. The number of hydrogen-bond donors (Lipinski definition) is 0. The van der Waals surface area contributed by atoms with Crippen molar-refractivity contribution < 1.29 is 32.8 Å². The van der Waals surface area contributed by atoms with Crippen LogP contribution < -0.4 is 18.9 Å². The Morgan fingerprint density at radius 3 is 2.05 bits per heavy atom. The minimum atomic E-state index is -1.69. The van der Waals surface area contributed by atoms with E-state index in [1.54, 1.807) is 0 Å². The van der Waals surface area contributed by atoms with Crippen LogP contribution in [0.1, 0.15) is 33.3 Å². The first-order valence-electron chi connectivity index (χ1n) is 6.84. The van der Waals surface area contributed by atoms with E-state index in [9.17, 15) is 0 Å². The summed E-state index contributed by atoms with van der Waals surface area (Å²) in [4.78, 5) is 0. The molecule has 1 spiro atoms. The molecule has 2 aliphatic rings. The normalized spacial score (nSPS) is 24.9. The Morgan fingerprint density at radius 1 is 0.950 bits per heavy atom. The maximum absolute atomic E-state index is 6.13. The summed E-state index contributed by atoms with van der Waals surface area (Å²) in [6.07, 6.45) is 2.74. The summed E-state index contributed by atoms with van der Waals surface area (Å²) in [5.74, 6) is 0.856. The molecule has 0 atom stereocenters. The fourth-order valence-electron chi connectivity index (χ4n) is 2.68. The van der Waals surface area contributed by atoms with Crippen LogP contribution in [0.3, 0.4) is 0 Å². The Morgan fingerprint density at radius 2 is 1.50 bits per heavy atom. The summed E-state index contributed by atoms with van der Waals surface area (Å²) in [5, 5.41) is 0. The Balaban J connectivity index is 0.00000147. The molecule has 0 aliphatic carbocycles. The summed E-state index contributed by atoms with van der Waals surface area (Å²) >= 11 is 0. The van der Waals surface area contributed by atoms with Gasteiger partial charge in [0.25, 0.3) is 0 Å². The Kier molecular flexibility index (Phi) is 3.90. The smallest absolute Gasteiger partial charge is 0.670 e. The van der Waals surface area contributed by atoms with Crippen molar-refractivity contribution >= 4 is 12.5 Å². The fourth-order valence-corrected chi connectivity index (χ4v) is 2.68. The zero-order chi connectivity index (χ0) is 13.7. The van der Waals surface area contributed by atoms with Gasteiger partial charge in [0.15, 0.2) is 0 Å². The minimum absolute atomic E-state index is 0. The number of hydrogen-bond acceptors (Lipinski definition) is 3. The molecular weight excluding hydrogens is 246 g/mol. The number of rotatable bonds is 1. The van der Waals surface area contributed by atoms with Crippen molar-refractivity contribution in [2.24, 2.45) is 0 Å². The van der Waals surface area contributed by atoms with E-state index in [2.05, 4.69) is 6.08 Å². The van der Waals surface area contributed by atoms with E-state index >= 15 is 0 Å². The average Bonchev–Trinajstić information content (AvgIpc) is 2.79. The summed E-state index contributed by atoms with van der Waals surface area (Å²) in [7, 11) is 0. The van der Waals surface area contributed by atoms with Crippen LogP contribution in [-0.2, 0) is 14.0 Å². The van der Waals surface area contributed by atoms with Gasteiger partial charge in [0.05, 0.1) is 5.76 Å². The quantitative estimate of drug-likeness (QED) is 0.697. The minimum Gasteiger partial charge on any atom is -0.670 e. The van der Waals surface area contributed by atoms with Gasteiger partial charge in [0.1, 0.15) is 0 Å². The molecule has 1 aromatic rings. The summed E-state index contributed by atoms with van der Waals surface area (Å²) in [6, 6.07) is 10.1. The maximum atomic E-state index is 6.13. The molecule has 0 N–H and O–H groups in total. The largest absolute Gasteiger partial charge is 1.00 e. The molecule has 5 heteroatoms. The van der Waals surface area contributed by atoms with Gasteiger partial charge < -0.3 is 14.0 Å². The molecular formula is C15H20BLiO3. The van der Waals surface area contributed by atoms with E-state index in [-0.39, 0.29) is 30.1 Å². The Labute approximate surface area is 132 Å². The van der Waals surface area contributed by atoms with Crippen LogP contribution in [0.15, 0.2) is 36.4 Å². The molecule has 1 aromatic carbocycles. The van der Waals surface area contributed by atoms with Gasteiger partial charge in [0.2, 0.25) is 0 Å². The molecule has 0 aromatic heterocycles. The predicted octanol–water partition coefficient (Wildman–Crippen LogP) is 0.605. The standard InChI is InChI=1S/C15H20BO3.Li/c1-14(2)15(3,4)19-16(18-14)11-10-13(17-16)12-8-6-5-7-9-12;/h5-10H,11H2,1-4H3;/q-1;+1. The summed E-state index contributed by atoms with van der Waals surface area (Å²) in [5.41, 5.74) is 0.357. The van der Waals surface area contributed by atoms with Gasteiger partial charge in [-0.15, -0.1) is 0 Å². The summed E-state index contributed by atoms with van der Waals surface area (Å²) < 4.78 is 18.3. The fraction of sp³-hybridized carbons (Fsp3) is 0.467. The summed E-state index contributed by atoms with van der Waals surface area (Å²) in [6.45, 7) is 6.51. The maximum Gasteiger partial charge on any atom is 1.00 e. The van der Waals surface area contributed by atoms with Gasteiger partial charge in [-0.25, -0.2) is 0 Å². The molecule has 1 fully saturated rings. The third kappa shape index (κ3) is 2.47. The number of allylic oxidation sites excluding steroid dienone is 1. The van der Waals surface area contributed by atoms with Crippen LogP contribution in [0.4, 0.5) is 0 Å².